The Bertz CT molecular complexity index is 418. The number of anilines is 1. The molecule has 2 nitrogen and oxygen atoms in total. The Labute approximate surface area is 90.1 Å². The van der Waals surface area contributed by atoms with E-state index in [1.807, 2.05) is 24.3 Å². The fraction of sp³-hybridized carbons (Fsp3) is 0.231. The summed E-state index contributed by atoms with van der Waals surface area (Å²) in [6.45, 7) is 0. The number of methoxy groups -OCH3 is 1. The molecule has 0 aliphatic heterocycles. The highest BCUT2D eigenvalue weighted by Crippen LogP contribution is 2.30. The van der Waals surface area contributed by atoms with Gasteiger partial charge in [-0.25, -0.2) is 0 Å². The van der Waals surface area contributed by atoms with Crippen molar-refractivity contribution in [2.45, 2.75) is 12.8 Å². The van der Waals surface area contributed by atoms with E-state index in [1.54, 1.807) is 7.11 Å². The van der Waals surface area contributed by atoms with Crippen LogP contribution in [0.15, 0.2) is 42.2 Å². The van der Waals surface area contributed by atoms with Gasteiger partial charge in [0, 0.05) is 23.2 Å². The summed E-state index contributed by atoms with van der Waals surface area (Å²) in [7, 11) is 1.72. The Kier molecular flexibility index (Phi) is 2.77. The Morgan fingerprint density at radius 3 is 2.80 bits per heavy atom. The van der Waals surface area contributed by atoms with Crippen LogP contribution in [0.25, 0.3) is 5.57 Å². The van der Waals surface area contributed by atoms with Gasteiger partial charge in [0.05, 0.1) is 7.11 Å². The van der Waals surface area contributed by atoms with Crippen molar-refractivity contribution >= 4 is 11.3 Å². The second kappa shape index (κ2) is 4.22. The van der Waals surface area contributed by atoms with Gasteiger partial charge in [0.25, 0.3) is 0 Å². The highest BCUT2D eigenvalue weighted by Gasteiger charge is 2.12. The van der Waals surface area contributed by atoms with Gasteiger partial charge in [-0.15, -0.1) is 0 Å². The molecule has 0 aromatic heterocycles. The molecular formula is C13H15NO. The number of benzene rings is 1. The van der Waals surface area contributed by atoms with Crippen molar-refractivity contribution in [2.75, 3.05) is 12.8 Å². The summed E-state index contributed by atoms with van der Waals surface area (Å²) in [4.78, 5) is 0. The molecule has 1 aromatic rings. The van der Waals surface area contributed by atoms with Gasteiger partial charge in [-0.05, 0) is 12.5 Å². The van der Waals surface area contributed by atoms with Crippen LogP contribution < -0.4 is 5.73 Å². The van der Waals surface area contributed by atoms with E-state index in [0.29, 0.717) is 0 Å². The van der Waals surface area contributed by atoms with Gasteiger partial charge in [-0.2, -0.15) is 0 Å². The van der Waals surface area contributed by atoms with E-state index in [0.717, 1.165) is 35.4 Å². The molecule has 2 rings (SSSR count). The smallest absolute Gasteiger partial charge is 0.104 e. The Morgan fingerprint density at radius 1 is 1.27 bits per heavy atom. The second-order valence-electron chi connectivity index (χ2n) is 3.57. The van der Waals surface area contributed by atoms with Gasteiger partial charge in [0.1, 0.15) is 5.76 Å². The molecule has 0 unspecified atom stereocenters. The van der Waals surface area contributed by atoms with E-state index in [-0.39, 0.29) is 0 Å². The molecule has 1 aromatic carbocycles. The van der Waals surface area contributed by atoms with Gasteiger partial charge >= 0.3 is 0 Å². The minimum absolute atomic E-state index is 0.800. The van der Waals surface area contributed by atoms with E-state index in [9.17, 15) is 0 Å². The van der Waals surface area contributed by atoms with Crippen molar-refractivity contribution in [1.82, 2.24) is 0 Å². The third-order valence-electron chi connectivity index (χ3n) is 2.62. The summed E-state index contributed by atoms with van der Waals surface area (Å²) in [5.41, 5.74) is 8.92. The molecule has 0 radical (unpaired) electrons. The minimum atomic E-state index is 0.800. The monoisotopic (exact) mass is 201 g/mol. The van der Waals surface area contributed by atoms with Crippen molar-refractivity contribution in [1.29, 1.82) is 0 Å². The van der Waals surface area contributed by atoms with Crippen LogP contribution >= 0.6 is 0 Å². The lowest BCUT2D eigenvalue weighted by molar-refractivity contribution is 0.279. The van der Waals surface area contributed by atoms with Crippen LogP contribution in [-0.4, -0.2) is 7.11 Å². The lowest BCUT2D eigenvalue weighted by Crippen LogP contribution is -2.00. The van der Waals surface area contributed by atoms with E-state index in [2.05, 4.69) is 12.2 Å². The average molecular weight is 201 g/mol. The average Bonchev–Trinajstić information content (AvgIpc) is 2.30. The van der Waals surface area contributed by atoms with Crippen LogP contribution in [0.1, 0.15) is 18.4 Å². The van der Waals surface area contributed by atoms with Crippen molar-refractivity contribution in [3.05, 3.63) is 47.7 Å². The van der Waals surface area contributed by atoms with Crippen LogP contribution in [0.3, 0.4) is 0 Å². The summed E-state index contributed by atoms with van der Waals surface area (Å²) < 4.78 is 5.39. The van der Waals surface area contributed by atoms with Gasteiger partial charge in [0.2, 0.25) is 0 Å². The zero-order valence-electron chi connectivity index (χ0n) is 8.86. The molecule has 0 saturated heterocycles. The van der Waals surface area contributed by atoms with Crippen LogP contribution in [-0.2, 0) is 4.74 Å². The number of allylic oxidation sites excluding steroid dienone is 4. The first-order chi connectivity index (χ1) is 7.33. The summed E-state index contributed by atoms with van der Waals surface area (Å²) >= 11 is 0. The molecule has 78 valence electrons. The molecule has 0 heterocycles. The third-order valence-corrected chi connectivity index (χ3v) is 2.62. The van der Waals surface area contributed by atoms with Gasteiger partial charge in [0.15, 0.2) is 0 Å². The summed E-state index contributed by atoms with van der Waals surface area (Å²) in [6.07, 6.45) is 6.24. The SMILES string of the molecule is COC1=C(c2ccccc2N)C=CCC1. The van der Waals surface area contributed by atoms with E-state index < -0.39 is 0 Å². The van der Waals surface area contributed by atoms with E-state index in [1.165, 1.54) is 0 Å². The number of nitrogens with two attached hydrogens (primary N) is 1. The largest absolute Gasteiger partial charge is 0.500 e. The fourth-order valence-corrected chi connectivity index (χ4v) is 1.84. The second-order valence-corrected chi connectivity index (χ2v) is 3.57. The molecule has 0 fully saturated rings. The Balaban J connectivity index is 2.49. The summed E-state index contributed by atoms with van der Waals surface area (Å²) in [5.74, 6) is 1.02. The lowest BCUT2D eigenvalue weighted by atomic mass is 9.97. The van der Waals surface area contributed by atoms with Crippen LogP contribution in [0, 0.1) is 0 Å². The minimum Gasteiger partial charge on any atom is -0.500 e. The number of para-hydroxylation sites is 1. The maximum absolute atomic E-state index is 5.94. The maximum atomic E-state index is 5.94. The number of hydrogen-bond donors (Lipinski definition) is 1. The lowest BCUT2D eigenvalue weighted by Gasteiger charge is -2.16. The van der Waals surface area contributed by atoms with Gasteiger partial charge in [-0.3, -0.25) is 0 Å². The predicted octanol–water partition coefficient (Wildman–Crippen LogP) is 2.98. The predicted molar refractivity (Wildman–Crippen MR) is 63.2 cm³/mol. The summed E-state index contributed by atoms with van der Waals surface area (Å²) in [5, 5.41) is 0. The Morgan fingerprint density at radius 2 is 2.07 bits per heavy atom. The number of hydrogen-bond acceptors (Lipinski definition) is 2. The zero-order chi connectivity index (χ0) is 10.7. The van der Waals surface area contributed by atoms with Crippen molar-refractivity contribution in [3.63, 3.8) is 0 Å². The molecular weight excluding hydrogens is 186 g/mol. The first-order valence-corrected chi connectivity index (χ1v) is 5.11. The molecule has 1 aliphatic carbocycles. The van der Waals surface area contributed by atoms with Crippen LogP contribution in [0.5, 0.6) is 0 Å². The molecule has 0 spiro atoms. The van der Waals surface area contributed by atoms with Gasteiger partial charge in [-0.1, -0.05) is 30.4 Å². The fourth-order valence-electron chi connectivity index (χ4n) is 1.84. The first kappa shape index (κ1) is 9.84. The van der Waals surface area contributed by atoms with E-state index in [4.69, 9.17) is 10.5 Å². The van der Waals surface area contributed by atoms with Crippen LogP contribution in [0.4, 0.5) is 5.69 Å². The molecule has 0 saturated carbocycles. The third kappa shape index (κ3) is 1.89. The first-order valence-electron chi connectivity index (χ1n) is 5.11. The van der Waals surface area contributed by atoms with Crippen molar-refractivity contribution in [2.24, 2.45) is 0 Å². The van der Waals surface area contributed by atoms with Crippen molar-refractivity contribution in [3.8, 4) is 0 Å². The normalized spacial score (nSPS) is 15.5. The van der Waals surface area contributed by atoms with Gasteiger partial charge < -0.3 is 10.5 Å². The molecule has 0 amide bonds. The standard InChI is InChI=1S/C13H15NO/c1-15-13-9-5-3-7-11(13)10-6-2-4-8-12(10)14/h2-4,6-8H,5,9,14H2,1H3. The van der Waals surface area contributed by atoms with E-state index >= 15 is 0 Å². The molecule has 0 atom stereocenters. The topological polar surface area (TPSA) is 35.2 Å². The maximum Gasteiger partial charge on any atom is 0.104 e. The quantitative estimate of drug-likeness (QED) is 0.746. The molecule has 0 bridgehead atoms. The van der Waals surface area contributed by atoms with Crippen LogP contribution in [0.2, 0.25) is 0 Å². The highest BCUT2D eigenvalue weighted by molar-refractivity contribution is 5.82. The number of rotatable bonds is 2. The highest BCUT2D eigenvalue weighted by atomic mass is 16.5. The Hall–Kier alpha value is -1.70. The zero-order valence-corrected chi connectivity index (χ0v) is 8.86. The molecule has 2 heteroatoms. The summed E-state index contributed by atoms with van der Waals surface area (Å²) in [6, 6.07) is 7.88. The van der Waals surface area contributed by atoms with Crippen molar-refractivity contribution < 1.29 is 4.74 Å². The number of nitrogen functional groups attached to an aromatic ring is 1. The molecule has 2 N–H and O–H groups in total. The molecule has 15 heavy (non-hydrogen) atoms. The molecule has 1 aliphatic rings. The number of ether oxygens (including phenoxy) is 1.